The lowest BCUT2D eigenvalue weighted by atomic mass is 9.80. The van der Waals surface area contributed by atoms with Crippen LogP contribution in [-0.4, -0.2) is 77.0 Å². The first-order chi connectivity index (χ1) is 18.6. The molecule has 2 amide bonds. The average Bonchev–Trinajstić information content (AvgIpc) is 3.44. The maximum atomic E-state index is 13.7. The number of amides is 2. The monoisotopic (exact) mass is 583 g/mol. The Morgan fingerprint density at radius 1 is 0.878 bits per heavy atom. The third kappa shape index (κ3) is 6.63. The second-order valence-electron chi connectivity index (χ2n) is 13.7. The van der Waals surface area contributed by atoms with Crippen molar-refractivity contribution < 1.29 is 56.7 Å². The molecule has 0 N–H and O–H groups in total. The number of fused-ring (bicyclic) bond motifs is 4. The van der Waals surface area contributed by atoms with Gasteiger partial charge in [0.15, 0.2) is 17.7 Å². The lowest BCUT2D eigenvalue weighted by molar-refractivity contribution is -0.233. The van der Waals surface area contributed by atoms with Crippen LogP contribution < -0.4 is 4.74 Å². The standard InChI is InChI=1S/C28H41NO12/c1-24(2,3)38-21(30)29(22(31)39-25(4,5)6)18-20-33-14-15(34-20)19-28(18,41-27(10,11)37-19)16-12-13-17(35-16)36-23(32)40-26(7,8)9/h12-13,15,18-20H,14H2,1-11H3/t15-,18+,19+,20-,28-/m1/s1. The van der Waals surface area contributed by atoms with E-state index < -0.39 is 71.1 Å². The lowest BCUT2D eigenvalue weighted by Crippen LogP contribution is -2.68. The summed E-state index contributed by atoms with van der Waals surface area (Å²) >= 11 is 0. The fourth-order valence-electron chi connectivity index (χ4n) is 4.94. The largest absolute Gasteiger partial charge is 0.516 e. The van der Waals surface area contributed by atoms with Gasteiger partial charge in [-0.25, -0.2) is 19.3 Å². The minimum Gasteiger partial charge on any atom is -0.443 e. The van der Waals surface area contributed by atoms with Crippen molar-refractivity contribution in [2.24, 2.45) is 0 Å². The number of imide groups is 1. The van der Waals surface area contributed by atoms with Gasteiger partial charge in [0.1, 0.15) is 40.8 Å². The topological polar surface area (TPSA) is 141 Å². The summed E-state index contributed by atoms with van der Waals surface area (Å²) in [6.45, 7) is 18.6. The molecule has 1 aromatic heterocycles. The van der Waals surface area contributed by atoms with Crippen LogP contribution in [0.2, 0.25) is 0 Å². The Labute approximate surface area is 239 Å². The SMILES string of the molecule is CC(C)(C)OC(=O)Oc1ccc([C@]23OC(C)(C)O[C@H]2[C@H]2CO[C@H](O2)[C@@H]3N(C(=O)OC(C)(C)C)C(=O)OC(C)(C)C)o1. The van der Waals surface area contributed by atoms with E-state index in [0.29, 0.717) is 0 Å². The van der Waals surface area contributed by atoms with Crippen LogP contribution in [0.15, 0.2) is 16.5 Å². The van der Waals surface area contributed by atoms with Crippen molar-refractivity contribution in [3.05, 3.63) is 17.9 Å². The van der Waals surface area contributed by atoms with E-state index in [-0.39, 0.29) is 18.3 Å². The average molecular weight is 584 g/mol. The van der Waals surface area contributed by atoms with Gasteiger partial charge in [0.25, 0.3) is 5.95 Å². The second-order valence-corrected chi connectivity index (χ2v) is 13.7. The van der Waals surface area contributed by atoms with Crippen molar-refractivity contribution in [3.63, 3.8) is 0 Å². The molecule has 0 spiro atoms. The van der Waals surface area contributed by atoms with Gasteiger partial charge in [0.2, 0.25) is 0 Å². The summed E-state index contributed by atoms with van der Waals surface area (Å²) in [7, 11) is 0. The van der Waals surface area contributed by atoms with Gasteiger partial charge in [-0.15, -0.1) is 0 Å². The van der Waals surface area contributed by atoms with E-state index in [9.17, 15) is 14.4 Å². The van der Waals surface area contributed by atoms with Crippen molar-refractivity contribution in [1.82, 2.24) is 4.90 Å². The molecule has 3 aliphatic rings. The van der Waals surface area contributed by atoms with Crippen LogP contribution in [0.1, 0.15) is 81.9 Å². The maximum Gasteiger partial charge on any atom is 0.516 e. The Morgan fingerprint density at radius 3 is 1.98 bits per heavy atom. The first kappa shape index (κ1) is 31.1. The normalized spacial score (nSPS) is 29.0. The zero-order valence-corrected chi connectivity index (χ0v) is 25.5. The molecule has 13 nitrogen and oxygen atoms in total. The van der Waals surface area contributed by atoms with Crippen LogP contribution in [0, 0.1) is 0 Å². The Bertz CT molecular complexity index is 1140. The van der Waals surface area contributed by atoms with Crippen molar-refractivity contribution in [1.29, 1.82) is 0 Å². The van der Waals surface area contributed by atoms with Crippen LogP contribution in [0.4, 0.5) is 14.4 Å². The van der Waals surface area contributed by atoms with Crippen LogP contribution in [0.5, 0.6) is 5.95 Å². The summed E-state index contributed by atoms with van der Waals surface area (Å²) in [5.41, 5.74) is -4.42. The fourth-order valence-corrected chi connectivity index (χ4v) is 4.94. The number of hydrogen-bond donors (Lipinski definition) is 0. The van der Waals surface area contributed by atoms with Crippen LogP contribution in [-0.2, 0) is 38.8 Å². The van der Waals surface area contributed by atoms with Gasteiger partial charge in [-0.1, -0.05) is 0 Å². The third-order valence-corrected chi connectivity index (χ3v) is 6.02. The molecule has 3 aliphatic heterocycles. The quantitative estimate of drug-likeness (QED) is 0.339. The van der Waals surface area contributed by atoms with Crippen molar-refractivity contribution >= 4 is 18.3 Å². The smallest absolute Gasteiger partial charge is 0.443 e. The molecule has 0 unspecified atom stereocenters. The molecule has 41 heavy (non-hydrogen) atoms. The number of rotatable bonds is 3. The summed E-state index contributed by atoms with van der Waals surface area (Å²) in [5.74, 6) is -1.32. The van der Waals surface area contributed by atoms with Crippen molar-refractivity contribution in [3.8, 4) is 5.95 Å². The van der Waals surface area contributed by atoms with Crippen LogP contribution in [0.25, 0.3) is 0 Å². The highest BCUT2D eigenvalue weighted by molar-refractivity contribution is 5.89. The third-order valence-electron chi connectivity index (χ3n) is 6.02. The Hall–Kier alpha value is -2.87. The minimum atomic E-state index is -1.68. The van der Waals surface area contributed by atoms with E-state index in [0.717, 1.165) is 4.90 Å². The molecular formula is C28H41NO12. The predicted octanol–water partition coefficient (Wildman–Crippen LogP) is 5.24. The molecule has 0 radical (unpaired) electrons. The number of nitrogens with zero attached hydrogens (tertiary/aromatic N) is 1. The summed E-state index contributed by atoms with van der Waals surface area (Å²) in [6, 6.07) is 1.57. The van der Waals surface area contributed by atoms with Gasteiger partial charge in [0.05, 0.1) is 6.61 Å². The molecule has 3 saturated heterocycles. The van der Waals surface area contributed by atoms with Gasteiger partial charge in [-0.2, -0.15) is 0 Å². The molecule has 13 heteroatoms. The number of hydrogen-bond acceptors (Lipinski definition) is 12. The molecule has 0 aliphatic carbocycles. The summed E-state index contributed by atoms with van der Waals surface area (Å²) in [5, 5.41) is 0. The molecule has 1 aromatic rings. The lowest BCUT2D eigenvalue weighted by Gasteiger charge is -2.47. The number of furan rings is 1. The highest BCUT2D eigenvalue weighted by Crippen LogP contribution is 2.56. The highest BCUT2D eigenvalue weighted by atomic mass is 16.8. The molecule has 2 bridgehead atoms. The van der Waals surface area contributed by atoms with Gasteiger partial charge in [0, 0.05) is 6.07 Å². The van der Waals surface area contributed by atoms with Crippen molar-refractivity contribution in [2.75, 3.05) is 6.61 Å². The molecular weight excluding hydrogens is 542 g/mol. The number of carbonyl (C=O) groups excluding carboxylic acids is 3. The molecule has 4 heterocycles. The van der Waals surface area contributed by atoms with Gasteiger partial charge < -0.3 is 42.3 Å². The summed E-state index contributed by atoms with van der Waals surface area (Å²) in [4.78, 5) is 40.6. The van der Waals surface area contributed by atoms with E-state index >= 15 is 0 Å². The zero-order valence-electron chi connectivity index (χ0n) is 25.5. The zero-order chi connectivity index (χ0) is 30.8. The first-order valence-electron chi connectivity index (χ1n) is 13.5. The summed E-state index contributed by atoms with van der Waals surface area (Å²) < 4.78 is 52.6. The van der Waals surface area contributed by atoms with Gasteiger partial charge in [-0.3, -0.25) is 0 Å². The maximum absolute atomic E-state index is 13.7. The molecule has 3 fully saturated rings. The van der Waals surface area contributed by atoms with E-state index in [2.05, 4.69) is 0 Å². The molecule has 230 valence electrons. The summed E-state index contributed by atoms with van der Waals surface area (Å²) in [6.07, 6.45) is -5.73. The Balaban J connectivity index is 1.84. The van der Waals surface area contributed by atoms with Crippen LogP contribution in [0.3, 0.4) is 0 Å². The number of carbonyl (C=O) groups is 3. The van der Waals surface area contributed by atoms with Gasteiger partial charge in [-0.05, 0) is 82.2 Å². The van der Waals surface area contributed by atoms with E-state index in [1.54, 1.807) is 76.2 Å². The fraction of sp³-hybridized carbons (Fsp3) is 0.750. The highest BCUT2D eigenvalue weighted by Gasteiger charge is 2.73. The van der Waals surface area contributed by atoms with E-state index in [1.807, 2.05) is 0 Å². The molecule has 4 rings (SSSR count). The van der Waals surface area contributed by atoms with E-state index in [1.165, 1.54) is 12.1 Å². The predicted molar refractivity (Wildman–Crippen MR) is 140 cm³/mol. The Kier molecular flexibility index (Phi) is 7.69. The minimum absolute atomic E-state index is 0.0888. The number of ether oxygens (including phenoxy) is 8. The molecule has 0 aromatic carbocycles. The Morgan fingerprint density at radius 2 is 1.44 bits per heavy atom. The first-order valence-corrected chi connectivity index (χ1v) is 13.5. The van der Waals surface area contributed by atoms with E-state index in [4.69, 9.17) is 42.3 Å². The van der Waals surface area contributed by atoms with Crippen LogP contribution >= 0.6 is 0 Å². The van der Waals surface area contributed by atoms with Gasteiger partial charge >= 0.3 is 18.3 Å². The molecule has 0 saturated carbocycles. The second kappa shape index (κ2) is 10.1. The molecule has 5 atom stereocenters. The van der Waals surface area contributed by atoms with Crippen molar-refractivity contribution in [2.45, 2.75) is 129 Å².